The molecule has 0 unspecified atom stereocenters. The summed E-state index contributed by atoms with van der Waals surface area (Å²) in [5.74, 6) is 6.67. The maximum Gasteiger partial charge on any atom is -0.214 e. The SMILES string of the molecule is C=[S-](=C)N. The van der Waals surface area contributed by atoms with E-state index >= 15 is 0 Å². The normalized spacial score (nSPS) is 8.50. The lowest BCUT2D eigenvalue weighted by atomic mass is 12.0. The Morgan fingerprint density at radius 3 is 1.50 bits per heavy atom. The van der Waals surface area contributed by atoms with Crippen LogP contribution in [0.1, 0.15) is 0 Å². The minimum absolute atomic E-state index is 0.361. The van der Waals surface area contributed by atoms with Crippen LogP contribution in [0.2, 0.25) is 0 Å². The topological polar surface area (TPSA) is 26.0 Å². The van der Waals surface area contributed by atoms with Gasteiger partial charge in [-0.2, -0.15) is 0 Å². The van der Waals surface area contributed by atoms with Gasteiger partial charge in [0.15, 0.2) is 0 Å². The van der Waals surface area contributed by atoms with E-state index in [1.54, 1.807) is 0 Å². The van der Waals surface area contributed by atoms with Crippen LogP contribution in [-0.4, -0.2) is 11.7 Å². The molecule has 0 fully saturated rings. The summed E-state index contributed by atoms with van der Waals surface area (Å²) >= 11 is 0. The summed E-state index contributed by atoms with van der Waals surface area (Å²) in [7, 11) is -0.361. The molecule has 0 aromatic heterocycles. The Balaban J connectivity index is 3.51. The van der Waals surface area contributed by atoms with Crippen LogP contribution in [-0.2, 0) is 10.3 Å². The standard InChI is InChI=1S/C2H6NS/c1-4(2)3/h1-3H2/q-1. The molecule has 0 aliphatic carbocycles. The van der Waals surface area contributed by atoms with E-state index in [-0.39, 0.29) is 10.3 Å². The zero-order valence-corrected chi connectivity index (χ0v) is 3.22. The molecule has 26 valence electrons. The number of rotatable bonds is 0. The lowest BCUT2D eigenvalue weighted by Gasteiger charge is -1.79. The molecule has 0 spiro atoms. The van der Waals surface area contributed by atoms with Crippen molar-refractivity contribution in [3.8, 4) is 0 Å². The molecule has 0 amide bonds. The van der Waals surface area contributed by atoms with E-state index < -0.39 is 0 Å². The van der Waals surface area contributed by atoms with Gasteiger partial charge in [0, 0.05) is 0 Å². The zero-order chi connectivity index (χ0) is 3.58. The van der Waals surface area contributed by atoms with Gasteiger partial charge in [0.05, 0.1) is 0 Å². The quantitative estimate of drug-likeness (QED) is 0.301. The van der Waals surface area contributed by atoms with E-state index in [2.05, 4.69) is 11.7 Å². The van der Waals surface area contributed by atoms with Crippen molar-refractivity contribution in [1.82, 2.24) is 0 Å². The second kappa shape index (κ2) is 1.38. The molecule has 0 rings (SSSR count). The third-order valence-corrected chi connectivity index (χ3v) is 0. The van der Waals surface area contributed by atoms with E-state index in [9.17, 15) is 0 Å². The molecule has 0 saturated heterocycles. The summed E-state index contributed by atoms with van der Waals surface area (Å²) in [6.07, 6.45) is 0. The molecule has 0 aliphatic rings. The van der Waals surface area contributed by atoms with Gasteiger partial charge in [0.1, 0.15) is 0 Å². The Hall–Kier alpha value is 0.0500. The Labute approximate surface area is 28.1 Å². The monoisotopic (exact) mass is 76.0 g/mol. The smallest absolute Gasteiger partial charge is 0.214 e. The van der Waals surface area contributed by atoms with Gasteiger partial charge in [-0.1, -0.05) is 0 Å². The van der Waals surface area contributed by atoms with Crippen molar-refractivity contribution < 1.29 is 0 Å². The van der Waals surface area contributed by atoms with E-state index in [0.717, 1.165) is 0 Å². The Kier molecular flexibility index (Phi) is 1.40. The predicted octanol–water partition coefficient (Wildman–Crippen LogP) is -0.658. The first-order valence-electron chi connectivity index (χ1n) is 0.813. The van der Waals surface area contributed by atoms with Crippen molar-refractivity contribution in [1.29, 1.82) is 0 Å². The van der Waals surface area contributed by atoms with E-state index in [1.165, 1.54) is 0 Å². The lowest BCUT2D eigenvalue weighted by Crippen LogP contribution is -1.85. The molecule has 0 aromatic rings. The minimum atomic E-state index is -0.361. The van der Waals surface area contributed by atoms with Crippen LogP contribution in [0, 0.1) is 0 Å². The average molecular weight is 76.1 g/mol. The van der Waals surface area contributed by atoms with Crippen molar-refractivity contribution in [2.24, 2.45) is 5.14 Å². The molecule has 2 heteroatoms. The van der Waals surface area contributed by atoms with Gasteiger partial charge in [-0.3, -0.25) is 0 Å². The Morgan fingerprint density at radius 1 is 1.50 bits per heavy atom. The van der Waals surface area contributed by atoms with Crippen LogP contribution >= 0.6 is 0 Å². The first-order chi connectivity index (χ1) is 1.73. The van der Waals surface area contributed by atoms with Gasteiger partial charge < -0.3 is 15.4 Å². The fourth-order valence-corrected chi connectivity index (χ4v) is 0. The average Bonchev–Trinajstić information content (AvgIpc) is 0.811. The second-order valence-electron chi connectivity index (χ2n) is 0.537. The highest BCUT2D eigenvalue weighted by molar-refractivity contribution is 7.89. The molecule has 0 aliphatic heterocycles. The lowest BCUT2D eigenvalue weighted by molar-refractivity contribution is 2.06. The number of nitrogens with two attached hydrogens (primary N) is 1. The van der Waals surface area contributed by atoms with Crippen LogP contribution in [0.25, 0.3) is 0 Å². The fraction of sp³-hybridized carbons (Fsp3) is 0. The summed E-state index contributed by atoms with van der Waals surface area (Å²) in [4.78, 5) is 0. The van der Waals surface area contributed by atoms with Crippen molar-refractivity contribution >= 4 is 22.0 Å². The number of hydrogen-bond acceptors (Lipinski definition) is 2. The van der Waals surface area contributed by atoms with Crippen molar-refractivity contribution in [3.63, 3.8) is 0 Å². The summed E-state index contributed by atoms with van der Waals surface area (Å²) in [5, 5.41) is 4.92. The fourth-order valence-electron chi connectivity index (χ4n) is 0. The van der Waals surface area contributed by atoms with Crippen LogP contribution in [0.15, 0.2) is 0 Å². The predicted molar refractivity (Wildman–Crippen MR) is 25.8 cm³/mol. The largest absolute Gasteiger partial charge is 0.429 e. The van der Waals surface area contributed by atoms with Crippen LogP contribution in [0.3, 0.4) is 0 Å². The maximum atomic E-state index is 4.92. The van der Waals surface area contributed by atoms with E-state index in [0.29, 0.717) is 0 Å². The summed E-state index contributed by atoms with van der Waals surface area (Å²) in [5.41, 5.74) is 0. The van der Waals surface area contributed by atoms with Crippen LogP contribution < -0.4 is 5.14 Å². The highest BCUT2D eigenvalue weighted by atomic mass is 32.2. The van der Waals surface area contributed by atoms with Crippen molar-refractivity contribution in [3.05, 3.63) is 0 Å². The first-order valence-corrected chi connectivity index (χ1v) is 2.44. The molecule has 0 radical (unpaired) electrons. The van der Waals surface area contributed by atoms with Crippen molar-refractivity contribution in [2.75, 3.05) is 0 Å². The van der Waals surface area contributed by atoms with Crippen LogP contribution in [0.5, 0.6) is 0 Å². The van der Waals surface area contributed by atoms with Crippen molar-refractivity contribution in [2.45, 2.75) is 0 Å². The van der Waals surface area contributed by atoms with Gasteiger partial charge in [-0.05, 0) is 0 Å². The van der Waals surface area contributed by atoms with Gasteiger partial charge in [0.2, 0.25) is 0 Å². The molecule has 4 heavy (non-hydrogen) atoms. The molecule has 2 N–H and O–H groups in total. The summed E-state index contributed by atoms with van der Waals surface area (Å²) in [6.45, 7) is 0. The zero-order valence-electron chi connectivity index (χ0n) is 2.40. The summed E-state index contributed by atoms with van der Waals surface area (Å²) in [6, 6.07) is 0. The maximum absolute atomic E-state index is 4.92. The molecular formula is C2H6NS-. The van der Waals surface area contributed by atoms with Gasteiger partial charge >= 0.3 is 0 Å². The molecular weight excluding hydrogens is 70.1 g/mol. The summed E-state index contributed by atoms with van der Waals surface area (Å²) < 4.78 is 0. The van der Waals surface area contributed by atoms with Crippen LogP contribution in [0.4, 0.5) is 0 Å². The Bertz CT molecular complexity index is 54.4. The first kappa shape index (κ1) is 4.05. The minimum Gasteiger partial charge on any atom is -0.429 e. The molecule has 0 bridgehead atoms. The highest BCUT2D eigenvalue weighted by Crippen LogP contribution is 1.16. The molecule has 0 saturated carbocycles. The molecule has 0 aromatic carbocycles. The van der Waals surface area contributed by atoms with E-state index in [1.807, 2.05) is 0 Å². The second-order valence-corrected chi connectivity index (χ2v) is 1.61. The number of hydrogen-bond donors (Lipinski definition) is 1. The van der Waals surface area contributed by atoms with Gasteiger partial charge in [-0.25, -0.2) is 11.7 Å². The molecule has 0 atom stereocenters. The molecule has 1 nitrogen and oxygen atoms in total. The van der Waals surface area contributed by atoms with E-state index in [4.69, 9.17) is 5.14 Å². The Morgan fingerprint density at radius 2 is 1.50 bits per heavy atom. The van der Waals surface area contributed by atoms with Gasteiger partial charge in [-0.15, -0.1) is 0 Å². The third kappa shape index (κ3) is 904. The van der Waals surface area contributed by atoms with Gasteiger partial charge in [0.25, 0.3) is 0 Å². The molecule has 0 heterocycles. The highest BCUT2D eigenvalue weighted by Gasteiger charge is 1.05. The third-order valence-electron chi connectivity index (χ3n) is 0.